The molecule has 1 aromatic carbocycles. The van der Waals surface area contributed by atoms with Gasteiger partial charge in [0.05, 0.1) is 11.8 Å². The molecule has 1 saturated carbocycles. The molecule has 132 valence electrons. The zero-order valence-corrected chi connectivity index (χ0v) is 15.7. The van der Waals surface area contributed by atoms with Crippen molar-refractivity contribution in [3.05, 3.63) is 28.8 Å². The first kappa shape index (κ1) is 17.5. The van der Waals surface area contributed by atoms with Crippen LogP contribution in [0.2, 0.25) is 0 Å². The van der Waals surface area contributed by atoms with Crippen LogP contribution in [-0.2, 0) is 16.5 Å². The van der Waals surface area contributed by atoms with E-state index in [0.717, 1.165) is 37.4 Å². The highest BCUT2D eigenvalue weighted by Gasteiger charge is 2.44. The molecule has 2 aliphatic rings. The number of rotatable bonds is 3. The van der Waals surface area contributed by atoms with E-state index < -0.39 is 10.1 Å². The summed E-state index contributed by atoms with van der Waals surface area (Å²) in [6.45, 7) is 7.05. The molecule has 0 aliphatic heterocycles. The Kier molecular flexibility index (Phi) is 4.27. The second-order valence-corrected chi connectivity index (χ2v) is 9.65. The van der Waals surface area contributed by atoms with Gasteiger partial charge in [0.15, 0.2) is 12.0 Å². The van der Waals surface area contributed by atoms with Crippen molar-refractivity contribution in [1.82, 2.24) is 0 Å². The molecule has 5 heteroatoms. The van der Waals surface area contributed by atoms with Crippen molar-refractivity contribution in [3.63, 3.8) is 0 Å². The Hall–Kier alpha value is -1.36. The Morgan fingerprint density at radius 2 is 1.96 bits per heavy atom. The number of fused-ring (bicyclic) bond motifs is 3. The van der Waals surface area contributed by atoms with E-state index in [1.165, 1.54) is 12.0 Å². The molecular weight excluding hydrogens is 324 g/mol. The fourth-order valence-corrected chi connectivity index (χ4v) is 5.17. The Balaban J connectivity index is 2.03. The number of carbonyl (C=O) groups excluding carboxylic acids is 1. The van der Waals surface area contributed by atoms with Gasteiger partial charge in [0.1, 0.15) is 0 Å². The number of aldehydes is 1. The lowest BCUT2D eigenvalue weighted by atomic mass is 9.55. The zero-order valence-electron chi connectivity index (χ0n) is 14.8. The first-order chi connectivity index (χ1) is 11.1. The second kappa shape index (κ2) is 5.87. The van der Waals surface area contributed by atoms with Crippen molar-refractivity contribution in [2.45, 2.75) is 52.4 Å². The molecule has 0 radical (unpaired) electrons. The van der Waals surface area contributed by atoms with Crippen molar-refractivity contribution >= 4 is 16.4 Å². The maximum Gasteiger partial charge on any atom is 0.306 e. The summed E-state index contributed by atoms with van der Waals surface area (Å²) >= 11 is 0. The summed E-state index contributed by atoms with van der Waals surface area (Å²) in [5.74, 6) is 1.88. The van der Waals surface area contributed by atoms with Crippen LogP contribution < -0.4 is 4.18 Å². The van der Waals surface area contributed by atoms with Crippen LogP contribution in [0, 0.1) is 17.3 Å². The molecule has 0 spiro atoms. The molecule has 24 heavy (non-hydrogen) atoms. The Morgan fingerprint density at radius 1 is 1.25 bits per heavy atom. The molecule has 3 atom stereocenters. The molecule has 3 rings (SSSR count). The third-order valence-electron chi connectivity index (χ3n) is 6.33. The van der Waals surface area contributed by atoms with Gasteiger partial charge in [0, 0.05) is 0 Å². The summed E-state index contributed by atoms with van der Waals surface area (Å²) in [5, 5.41) is 0. The van der Waals surface area contributed by atoms with E-state index in [9.17, 15) is 13.2 Å². The predicted molar refractivity (Wildman–Crippen MR) is 94.0 cm³/mol. The molecule has 1 aromatic rings. The minimum Gasteiger partial charge on any atom is -0.382 e. The third-order valence-corrected chi connectivity index (χ3v) is 6.81. The molecule has 3 unspecified atom stereocenters. The van der Waals surface area contributed by atoms with Gasteiger partial charge in [-0.25, -0.2) is 0 Å². The normalized spacial score (nSPS) is 28.6. The third kappa shape index (κ3) is 2.99. The second-order valence-electron chi connectivity index (χ2n) is 8.08. The number of benzene rings is 1. The van der Waals surface area contributed by atoms with Crippen LogP contribution in [-0.4, -0.2) is 21.0 Å². The van der Waals surface area contributed by atoms with Gasteiger partial charge in [0.2, 0.25) is 0 Å². The maximum absolute atomic E-state index is 11.6. The molecule has 0 heterocycles. The van der Waals surface area contributed by atoms with Crippen molar-refractivity contribution in [1.29, 1.82) is 0 Å². The lowest BCUT2D eigenvalue weighted by molar-refractivity contribution is 0.0598. The van der Waals surface area contributed by atoms with E-state index in [4.69, 9.17) is 4.18 Å². The SMILES string of the molecule is CC1C2CCc3c(ccc(OS(C)(=O)=O)c3C=O)C2CCC1(C)C. The van der Waals surface area contributed by atoms with Gasteiger partial charge in [-0.2, -0.15) is 8.42 Å². The molecule has 0 bridgehead atoms. The highest BCUT2D eigenvalue weighted by atomic mass is 32.2. The van der Waals surface area contributed by atoms with E-state index in [2.05, 4.69) is 20.8 Å². The van der Waals surface area contributed by atoms with Crippen LogP contribution in [0.25, 0.3) is 0 Å². The molecular formula is C19H26O4S. The summed E-state index contributed by atoms with van der Waals surface area (Å²) in [5.41, 5.74) is 2.97. The summed E-state index contributed by atoms with van der Waals surface area (Å²) in [6.07, 6.45) is 5.90. The van der Waals surface area contributed by atoms with Crippen molar-refractivity contribution < 1.29 is 17.4 Å². The van der Waals surface area contributed by atoms with Gasteiger partial charge in [-0.3, -0.25) is 4.79 Å². The Bertz CT molecular complexity index is 764. The van der Waals surface area contributed by atoms with Crippen LogP contribution in [0.3, 0.4) is 0 Å². The molecule has 4 nitrogen and oxygen atoms in total. The molecule has 0 amide bonds. The average molecular weight is 350 g/mol. The monoisotopic (exact) mass is 350 g/mol. The minimum absolute atomic E-state index is 0.161. The first-order valence-electron chi connectivity index (χ1n) is 8.64. The van der Waals surface area contributed by atoms with Crippen LogP contribution in [0.4, 0.5) is 0 Å². The van der Waals surface area contributed by atoms with E-state index >= 15 is 0 Å². The average Bonchev–Trinajstić information content (AvgIpc) is 2.49. The molecule has 0 saturated heterocycles. The number of carbonyl (C=O) groups is 1. The highest BCUT2D eigenvalue weighted by Crippen LogP contribution is 2.55. The Morgan fingerprint density at radius 3 is 2.58 bits per heavy atom. The Labute approximate surface area is 144 Å². The molecule has 0 aromatic heterocycles. The summed E-state index contributed by atoms with van der Waals surface area (Å²) in [6, 6.07) is 3.63. The first-order valence-corrected chi connectivity index (χ1v) is 10.5. The minimum atomic E-state index is -3.64. The fourth-order valence-electron chi connectivity index (χ4n) is 4.70. The van der Waals surface area contributed by atoms with E-state index in [0.29, 0.717) is 28.7 Å². The lowest BCUT2D eigenvalue weighted by Gasteiger charge is -2.49. The number of hydrogen-bond acceptors (Lipinski definition) is 4. The predicted octanol–water partition coefficient (Wildman–Crippen LogP) is 3.94. The smallest absolute Gasteiger partial charge is 0.306 e. The van der Waals surface area contributed by atoms with Gasteiger partial charge < -0.3 is 4.18 Å². The van der Waals surface area contributed by atoms with Crippen LogP contribution >= 0.6 is 0 Å². The lowest BCUT2D eigenvalue weighted by Crippen LogP contribution is -2.39. The van der Waals surface area contributed by atoms with E-state index in [1.807, 2.05) is 6.07 Å². The van der Waals surface area contributed by atoms with Crippen molar-refractivity contribution in [2.24, 2.45) is 17.3 Å². The van der Waals surface area contributed by atoms with Crippen LogP contribution in [0.1, 0.15) is 67.4 Å². The van der Waals surface area contributed by atoms with Crippen LogP contribution in [0.5, 0.6) is 5.75 Å². The van der Waals surface area contributed by atoms with E-state index in [-0.39, 0.29) is 5.75 Å². The topological polar surface area (TPSA) is 60.4 Å². The van der Waals surface area contributed by atoms with Gasteiger partial charge in [0.25, 0.3) is 0 Å². The standard InChI is InChI=1S/C19H26O4S/c1-12-13-5-6-15-14(16(13)9-10-19(12,2)3)7-8-18(17(15)11-20)23-24(4,21)22/h7-8,11-13,16H,5-6,9-10H2,1-4H3. The number of hydrogen-bond donors (Lipinski definition) is 0. The fraction of sp³-hybridized carbons (Fsp3) is 0.632. The summed E-state index contributed by atoms with van der Waals surface area (Å²) in [4.78, 5) is 11.6. The van der Waals surface area contributed by atoms with Gasteiger partial charge in [-0.15, -0.1) is 0 Å². The molecule has 2 aliphatic carbocycles. The van der Waals surface area contributed by atoms with Crippen molar-refractivity contribution in [2.75, 3.05) is 6.26 Å². The van der Waals surface area contributed by atoms with E-state index in [1.54, 1.807) is 6.07 Å². The largest absolute Gasteiger partial charge is 0.382 e. The van der Waals surface area contributed by atoms with Gasteiger partial charge in [-0.05, 0) is 66.0 Å². The summed E-state index contributed by atoms with van der Waals surface area (Å²) < 4.78 is 27.9. The van der Waals surface area contributed by atoms with Gasteiger partial charge in [-0.1, -0.05) is 26.8 Å². The zero-order chi connectivity index (χ0) is 17.7. The maximum atomic E-state index is 11.6. The van der Waals surface area contributed by atoms with Gasteiger partial charge >= 0.3 is 10.1 Å². The quantitative estimate of drug-likeness (QED) is 0.612. The van der Waals surface area contributed by atoms with Crippen molar-refractivity contribution in [3.8, 4) is 5.75 Å². The molecule has 0 N–H and O–H groups in total. The highest BCUT2D eigenvalue weighted by molar-refractivity contribution is 7.86. The molecule has 1 fully saturated rings. The summed E-state index contributed by atoms with van der Waals surface area (Å²) in [7, 11) is -3.64. The van der Waals surface area contributed by atoms with Crippen LogP contribution in [0.15, 0.2) is 12.1 Å².